The van der Waals surface area contributed by atoms with E-state index in [0.717, 1.165) is 6.42 Å². The van der Waals surface area contributed by atoms with Crippen LogP contribution in [0.3, 0.4) is 0 Å². The van der Waals surface area contributed by atoms with Crippen molar-refractivity contribution in [1.29, 1.82) is 0 Å². The first-order valence-corrected chi connectivity index (χ1v) is 16.0. The van der Waals surface area contributed by atoms with E-state index in [9.17, 15) is 0 Å². The summed E-state index contributed by atoms with van der Waals surface area (Å²) >= 11 is 0. The first-order chi connectivity index (χ1) is 22.0. The first-order valence-electron chi connectivity index (χ1n) is 16.0. The maximum absolute atomic E-state index is 3.36. The van der Waals surface area contributed by atoms with Gasteiger partial charge in [-0.25, -0.2) is 0 Å². The second-order valence-electron chi connectivity index (χ2n) is 11.8. The Morgan fingerprint density at radius 1 is 0.667 bits per heavy atom. The van der Waals surface area contributed by atoms with Gasteiger partial charge in [0, 0.05) is 0 Å². The van der Waals surface area contributed by atoms with Gasteiger partial charge >= 0.3 is 0 Å². The van der Waals surface area contributed by atoms with Crippen molar-refractivity contribution in [2.75, 3.05) is 0 Å². The number of fused-ring (bicyclic) bond motifs is 6. The molecule has 0 saturated carbocycles. The molecule has 2 unspecified atom stereocenters. The third-order valence-electron chi connectivity index (χ3n) is 8.67. The van der Waals surface area contributed by atoms with Crippen molar-refractivity contribution < 1.29 is 0 Å². The zero-order chi connectivity index (χ0) is 31.6. The Kier molecular flexibility index (Phi) is 10.3. The van der Waals surface area contributed by atoms with Crippen LogP contribution in [0.15, 0.2) is 170 Å². The Hall–Kier alpha value is -4.94. The van der Waals surface area contributed by atoms with Crippen LogP contribution in [0.2, 0.25) is 0 Å². The SMILES string of the molecule is C/C=C\C=C/C1=Cc2ccccc2C12c1ccccc1CC(C)c1ccc(-c3ccccc3)cc12.C=CC.Cc1ccccc1. The lowest BCUT2D eigenvalue weighted by Gasteiger charge is -2.36. The van der Waals surface area contributed by atoms with Gasteiger partial charge in [0.2, 0.25) is 0 Å². The van der Waals surface area contributed by atoms with Crippen molar-refractivity contribution in [1.82, 2.24) is 0 Å². The van der Waals surface area contributed by atoms with Gasteiger partial charge < -0.3 is 0 Å². The van der Waals surface area contributed by atoms with E-state index in [1.165, 1.54) is 55.6 Å². The summed E-state index contributed by atoms with van der Waals surface area (Å²) in [6, 6.07) is 46.3. The van der Waals surface area contributed by atoms with Crippen LogP contribution >= 0.6 is 0 Å². The summed E-state index contributed by atoms with van der Waals surface area (Å²) in [6.07, 6.45) is 13.9. The third kappa shape index (κ3) is 6.47. The lowest BCUT2D eigenvalue weighted by atomic mass is 9.65. The van der Waals surface area contributed by atoms with Crippen molar-refractivity contribution in [3.8, 4) is 11.1 Å². The fourth-order valence-corrected chi connectivity index (χ4v) is 6.74. The highest BCUT2D eigenvalue weighted by atomic mass is 14.5. The molecule has 0 nitrogen and oxygen atoms in total. The Labute approximate surface area is 270 Å². The molecule has 1 spiro atoms. The van der Waals surface area contributed by atoms with E-state index in [-0.39, 0.29) is 5.41 Å². The molecular formula is C45H44. The molecule has 7 rings (SSSR count). The molecule has 2 aliphatic carbocycles. The number of benzene rings is 5. The van der Waals surface area contributed by atoms with E-state index < -0.39 is 0 Å². The Morgan fingerprint density at radius 3 is 1.96 bits per heavy atom. The predicted octanol–water partition coefficient (Wildman–Crippen LogP) is 12.1. The summed E-state index contributed by atoms with van der Waals surface area (Å²) < 4.78 is 0. The maximum atomic E-state index is 3.36. The predicted molar refractivity (Wildman–Crippen MR) is 196 cm³/mol. The minimum Gasteiger partial charge on any atom is -0.103 e. The van der Waals surface area contributed by atoms with Crippen molar-refractivity contribution in [2.45, 2.75) is 45.4 Å². The number of aryl methyl sites for hydroxylation is 1. The Balaban J connectivity index is 0.000000346. The van der Waals surface area contributed by atoms with Crippen molar-refractivity contribution >= 4 is 6.08 Å². The van der Waals surface area contributed by atoms with Crippen molar-refractivity contribution in [2.24, 2.45) is 0 Å². The van der Waals surface area contributed by atoms with Gasteiger partial charge in [-0.1, -0.05) is 164 Å². The summed E-state index contributed by atoms with van der Waals surface area (Å²) in [5.74, 6) is 0.434. The smallest absolute Gasteiger partial charge is 0.0713 e. The monoisotopic (exact) mass is 584 g/mol. The second-order valence-corrected chi connectivity index (χ2v) is 11.8. The first kappa shape index (κ1) is 31.5. The molecule has 5 aromatic rings. The van der Waals surface area contributed by atoms with Gasteiger partial charge in [0.05, 0.1) is 5.41 Å². The van der Waals surface area contributed by atoms with E-state index in [1.54, 1.807) is 6.08 Å². The van der Waals surface area contributed by atoms with Crippen LogP contribution in [0.5, 0.6) is 0 Å². The zero-order valence-electron chi connectivity index (χ0n) is 27.1. The summed E-state index contributed by atoms with van der Waals surface area (Å²) in [6.45, 7) is 11.8. The topological polar surface area (TPSA) is 0 Å². The van der Waals surface area contributed by atoms with Crippen LogP contribution in [0.1, 0.15) is 65.6 Å². The van der Waals surface area contributed by atoms with Gasteiger partial charge in [-0.15, -0.1) is 6.58 Å². The quantitative estimate of drug-likeness (QED) is 0.146. The molecule has 2 atom stereocenters. The molecule has 0 N–H and O–H groups in total. The minimum atomic E-state index is -0.337. The van der Waals surface area contributed by atoms with Crippen molar-refractivity contribution in [3.05, 3.63) is 209 Å². The summed E-state index contributed by atoms with van der Waals surface area (Å²) in [5, 5.41) is 0. The third-order valence-corrected chi connectivity index (χ3v) is 8.67. The van der Waals surface area contributed by atoms with E-state index in [0.29, 0.717) is 5.92 Å². The normalized spacial score (nSPS) is 17.6. The van der Waals surface area contributed by atoms with Crippen molar-refractivity contribution in [3.63, 3.8) is 0 Å². The summed E-state index contributed by atoms with van der Waals surface area (Å²) in [7, 11) is 0. The Morgan fingerprint density at radius 2 is 1.29 bits per heavy atom. The van der Waals surface area contributed by atoms with E-state index >= 15 is 0 Å². The van der Waals surface area contributed by atoms with Crippen LogP contribution in [-0.2, 0) is 11.8 Å². The van der Waals surface area contributed by atoms with Crippen LogP contribution in [0.4, 0.5) is 0 Å². The van der Waals surface area contributed by atoms with Gasteiger partial charge in [-0.2, -0.15) is 0 Å². The molecule has 0 radical (unpaired) electrons. The highest BCUT2D eigenvalue weighted by Gasteiger charge is 2.47. The average Bonchev–Trinajstić information content (AvgIpc) is 3.35. The van der Waals surface area contributed by atoms with E-state index in [2.05, 4.69) is 167 Å². The van der Waals surface area contributed by atoms with Crippen LogP contribution in [-0.4, -0.2) is 0 Å². The molecule has 0 amide bonds. The van der Waals surface area contributed by atoms with E-state index in [1.807, 2.05) is 25.1 Å². The lowest BCUT2D eigenvalue weighted by Crippen LogP contribution is -2.30. The maximum Gasteiger partial charge on any atom is 0.0713 e. The highest BCUT2D eigenvalue weighted by Crippen LogP contribution is 2.56. The fraction of sp³-hybridized carbons (Fsp3) is 0.156. The lowest BCUT2D eigenvalue weighted by molar-refractivity contribution is 0.744. The van der Waals surface area contributed by atoms with Crippen LogP contribution < -0.4 is 0 Å². The molecule has 0 heterocycles. The summed E-state index contributed by atoms with van der Waals surface area (Å²) in [5.41, 5.74) is 13.3. The van der Waals surface area contributed by atoms with Gasteiger partial charge in [0.15, 0.2) is 0 Å². The molecule has 0 saturated heterocycles. The number of hydrogen-bond acceptors (Lipinski definition) is 0. The Bertz CT molecular complexity index is 1820. The van der Waals surface area contributed by atoms with Crippen LogP contribution in [0.25, 0.3) is 17.2 Å². The number of rotatable bonds is 3. The zero-order valence-corrected chi connectivity index (χ0v) is 27.1. The number of allylic oxidation sites excluding steroid dienone is 6. The van der Waals surface area contributed by atoms with Gasteiger partial charge in [-0.05, 0) is 95.3 Å². The molecule has 0 bridgehead atoms. The van der Waals surface area contributed by atoms with Gasteiger partial charge in [0.1, 0.15) is 0 Å². The molecule has 0 heteroatoms. The molecule has 2 aliphatic rings. The molecule has 0 fully saturated rings. The molecule has 0 aromatic heterocycles. The molecule has 0 aliphatic heterocycles. The molecular weight excluding hydrogens is 540 g/mol. The van der Waals surface area contributed by atoms with Crippen LogP contribution in [0, 0.1) is 6.92 Å². The minimum absolute atomic E-state index is 0.337. The highest BCUT2D eigenvalue weighted by molar-refractivity contribution is 5.82. The van der Waals surface area contributed by atoms with E-state index in [4.69, 9.17) is 0 Å². The summed E-state index contributed by atoms with van der Waals surface area (Å²) in [4.78, 5) is 0. The molecule has 45 heavy (non-hydrogen) atoms. The second kappa shape index (κ2) is 14.7. The van der Waals surface area contributed by atoms with Gasteiger partial charge in [-0.3, -0.25) is 0 Å². The average molecular weight is 585 g/mol. The standard InChI is InChI=1S/C35H30.C7H8.C3H6/c1-3-4-6-17-30-23-29-16-10-12-19-33(29)35(30)32-18-11-9-15-28(32)22-25(2)31-21-20-27(24-34(31)35)26-13-7-5-8-14-26;1-7-5-3-2-4-6-7;1-3-2/h3-21,23-25H,22H2,1-2H3;2-6H,1H3;3H,1H2,2H3/b4-3-,17-6-;;. The largest absolute Gasteiger partial charge is 0.103 e. The number of hydrogen-bond donors (Lipinski definition) is 0. The fourth-order valence-electron chi connectivity index (χ4n) is 6.74. The molecule has 5 aromatic carbocycles. The molecule has 224 valence electrons. The van der Waals surface area contributed by atoms with Gasteiger partial charge in [0.25, 0.3) is 0 Å².